The Morgan fingerprint density at radius 1 is 1.16 bits per heavy atom. The second-order valence-electron chi connectivity index (χ2n) is 5.99. The lowest BCUT2D eigenvalue weighted by atomic mass is 10.2. The molecule has 0 aliphatic carbocycles. The second kappa shape index (κ2) is 8.01. The van der Waals surface area contributed by atoms with Crippen molar-refractivity contribution < 1.29 is 9.59 Å². The minimum atomic E-state index is -0.206. The van der Waals surface area contributed by atoms with Crippen molar-refractivity contribution in [1.82, 2.24) is 10.2 Å². The normalized spacial score (nSPS) is 14.5. The van der Waals surface area contributed by atoms with Gasteiger partial charge in [-0.2, -0.15) is 0 Å². The molecule has 1 aromatic carbocycles. The van der Waals surface area contributed by atoms with Crippen molar-refractivity contribution in [2.75, 3.05) is 37.6 Å². The first-order valence-electron chi connectivity index (χ1n) is 8.16. The van der Waals surface area contributed by atoms with Crippen molar-refractivity contribution in [2.45, 2.75) is 6.92 Å². The van der Waals surface area contributed by atoms with Gasteiger partial charge in [-0.1, -0.05) is 12.1 Å². The van der Waals surface area contributed by atoms with Crippen LogP contribution in [0.2, 0.25) is 0 Å². The summed E-state index contributed by atoms with van der Waals surface area (Å²) in [7, 11) is 0. The zero-order valence-electron chi connectivity index (χ0n) is 14.0. The van der Waals surface area contributed by atoms with Gasteiger partial charge in [-0.3, -0.25) is 9.59 Å². The first-order valence-corrected chi connectivity index (χ1v) is 9.77. The number of hydrogen-bond donors (Lipinski definition) is 1. The topological polar surface area (TPSA) is 52.6 Å². The fourth-order valence-corrected chi connectivity index (χ4v) is 4.13. The number of rotatable bonds is 4. The zero-order chi connectivity index (χ0) is 17.8. The molecule has 0 bridgehead atoms. The summed E-state index contributed by atoms with van der Waals surface area (Å²) in [4.78, 5) is 29.0. The van der Waals surface area contributed by atoms with Crippen LogP contribution in [0.4, 0.5) is 5.69 Å². The number of anilines is 1. The lowest BCUT2D eigenvalue weighted by Crippen LogP contribution is -2.51. The fraction of sp³-hybridized carbons (Fsp3) is 0.333. The van der Waals surface area contributed by atoms with Gasteiger partial charge in [0, 0.05) is 31.9 Å². The van der Waals surface area contributed by atoms with E-state index in [1.807, 2.05) is 11.0 Å². The van der Waals surface area contributed by atoms with Gasteiger partial charge in [-0.15, -0.1) is 11.3 Å². The molecular weight excluding hydrogens is 402 g/mol. The number of amides is 2. The molecule has 1 aromatic heterocycles. The number of aryl methyl sites for hydroxylation is 1. The summed E-state index contributed by atoms with van der Waals surface area (Å²) >= 11 is 4.69. The Balaban J connectivity index is 1.47. The molecule has 0 atom stereocenters. The largest absolute Gasteiger partial charge is 0.368 e. The predicted molar refractivity (Wildman–Crippen MR) is 104 cm³/mol. The summed E-state index contributed by atoms with van der Waals surface area (Å²) in [6.07, 6.45) is 0. The Labute approximate surface area is 159 Å². The molecule has 5 nitrogen and oxygen atoms in total. The van der Waals surface area contributed by atoms with Crippen LogP contribution in [0.25, 0.3) is 0 Å². The van der Waals surface area contributed by atoms with Crippen LogP contribution < -0.4 is 10.2 Å². The smallest absolute Gasteiger partial charge is 0.261 e. The molecule has 25 heavy (non-hydrogen) atoms. The van der Waals surface area contributed by atoms with E-state index in [0.717, 1.165) is 16.9 Å². The first kappa shape index (κ1) is 17.9. The summed E-state index contributed by atoms with van der Waals surface area (Å²) in [5.41, 5.74) is 2.43. The van der Waals surface area contributed by atoms with E-state index in [1.54, 1.807) is 6.07 Å². The maximum atomic E-state index is 12.3. The highest BCUT2D eigenvalue weighted by atomic mass is 79.9. The molecule has 3 rings (SSSR count). The van der Waals surface area contributed by atoms with Gasteiger partial charge in [0.1, 0.15) is 0 Å². The van der Waals surface area contributed by atoms with E-state index in [0.29, 0.717) is 18.0 Å². The molecule has 0 radical (unpaired) electrons. The highest BCUT2D eigenvalue weighted by Gasteiger charge is 2.22. The molecule has 1 fully saturated rings. The molecule has 0 unspecified atom stereocenters. The van der Waals surface area contributed by atoms with Gasteiger partial charge in [-0.25, -0.2) is 0 Å². The number of carbonyl (C=O) groups excluding carboxylic acids is 2. The van der Waals surface area contributed by atoms with E-state index in [2.05, 4.69) is 57.3 Å². The van der Waals surface area contributed by atoms with Crippen LogP contribution in [0, 0.1) is 6.92 Å². The number of benzene rings is 1. The van der Waals surface area contributed by atoms with E-state index in [4.69, 9.17) is 0 Å². The third-order valence-corrected chi connectivity index (χ3v) is 5.82. The number of nitrogens with one attached hydrogen (secondary N) is 1. The van der Waals surface area contributed by atoms with Crippen LogP contribution in [-0.2, 0) is 4.79 Å². The fourth-order valence-electron chi connectivity index (χ4n) is 2.83. The molecule has 1 saturated heterocycles. The second-order valence-corrected chi connectivity index (χ2v) is 8.46. The van der Waals surface area contributed by atoms with Crippen LogP contribution in [0.1, 0.15) is 15.2 Å². The van der Waals surface area contributed by atoms with E-state index in [1.165, 1.54) is 22.6 Å². The number of carbonyl (C=O) groups is 2. The Kier molecular flexibility index (Phi) is 5.75. The molecule has 7 heteroatoms. The van der Waals surface area contributed by atoms with Gasteiger partial charge in [0.15, 0.2) is 0 Å². The summed E-state index contributed by atoms with van der Waals surface area (Å²) in [5, 5.41) is 2.71. The van der Waals surface area contributed by atoms with Crippen molar-refractivity contribution >= 4 is 44.8 Å². The van der Waals surface area contributed by atoms with Crippen molar-refractivity contribution in [1.29, 1.82) is 0 Å². The quantitative estimate of drug-likeness (QED) is 0.825. The highest BCUT2D eigenvalue weighted by molar-refractivity contribution is 9.11. The van der Waals surface area contributed by atoms with Crippen LogP contribution in [0.15, 0.2) is 40.2 Å². The van der Waals surface area contributed by atoms with E-state index in [-0.39, 0.29) is 18.4 Å². The molecule has 1 aliphatic heterocycles. The molecule has 1 N–H and O–H groups in total. The summed E-state index contributed by atoms with van der Waals surface area (Å²) in [6.45, 7) is 5.08. The molecule has 1 aliphatic rings. The van der Waals surface area contributed by atoms with Gasteiger partial charge in [0.05, 0.1) is 15.2 Å². The van der Waals surface area contributed by atoms with Crippen LogP contribution in [0.3, 0.4) is 0 Å². The molecule has 2 amide bonds. The van der Waals surface area contributed by atoms with Gasteiger partial charge < -0.3 is 15.1 Å². The predicted octanol–water partition coefficient (Wildman–Crippen LogP) is 2.90. The number of piperazine rings is 1. The average molecular weight is 422 g/mol. The van der Waals surface area contributed by atoms with E-state index >= 15 is 0 Å². The monoisotopic (exact) mass is 421 g/mol. The van der Waals surface area contributed by atoms with Gasteiger partial charge in [0.2, 0.25) is 5.91 Å². The van der Waals surface area contributed by atoms with Crippen LogP contribution in [-0.4, -0.2) is 49.4 Å². The third-order valence-electron chi connectivity index (χ3n) is 4.20. The van der Waals surface area contributed by atoms with Crippen molar-refractivity contribution in [2.24, 2.45) is 0 Å². The molecule has 0 saturated carbocycles. The summed E-state index contributed by atoms with van der Waals surface area (Å²) in [5.74, 6) is -0.240. The Bertz CT molecular complexity index is 769. The van der Waals surface area contributed by atoms with Crippen LogP contribution >= 0.6 is 27.3 Å². The minimum Gasteiger partial charge on any atom is -0.368 e. The Morgan fingerprint density at radius 2 is 1.92 bits per heavy atom. The molecule has 2 aromatic rings. The van der Waals surface area contributed by atoms with Gasteiger partial charge in [0.25, 0.3) is 5.91 Å². The highest BCUT2D eigenvalue weighted by Crippen LogP contribution is 2.22. The van der Waals surface area contributed by atoms with Gasteiger partial charge in [-0.05, 0) is 52.7 Å². The van der Waals surface area contributed by atoms with Crippen LogP contribution in [0.5, 0.6) is 0 Å². The average Bonchev–Trinajstić information content (AvgIpc) is 3.06. The minimum absolute atomic E-state index is 0.0344. The Hall–Kier alpha value is -1.86. The lowest BCUT2D eigenvalue weighted by molar-refractivity contribution is -0.130. The SMILES string of the molecule is Cc1cccc(N2CCN(C(=O)CNC(=O)c3ccc(Br)s3)CC2)c1. The van der Waals surface area contributed by atoms with Crippen molar-refractivity contribution in [3.05, 3.63) is 50.6 Å². The molecule has 2 heterocycles. The number of thiophene rings is 1. The maximum Gasteiger partial charge on any atom is 0.261 e. The van der Waals surface area contributed by atoms with E-state index < -0.39 is 0 Å². The number of hydrogen-bond acceptors (Lipinski definition) is 4. The summed E-state index contributed by atoms with van der Waals surface area (Å²) < 4.78 is 0.899. The van der Waals surface area contributed by atoms with Crippen molar-refractivity contribution in [3.8, 4) is 0 Å². The molecule has 132 valence electrons. The standard InChI is InChI=1S/C18H20BrN3O2S/c1-13-3-2-4-14(11-13)21-7-9-22(10-8-21)17(23)12-20-18(24)15-5-6-16(19)25-15/h2-6,11H,7-10,12H2,1H3,(H,20,24). The molecular formula is C18H20BrN3O2S. The van der Waals surface area contributed by atoms with E-state index in [9.17, 15) is 9.59 Å². The summed E-state index contributed by atoms with van der Waals surface area (Å²) in [6, 6.07) is 12.0. The maximum absolute atomic E-state index is 12.3. The first-order chi connectivity index (χ1) is 12.0. The molecule has 0 spiro atoms. The third kappa shape index (κ3) is 4.61. The van der Waals surface area contributed by atoms with Crippen molar-refractivity contribution in [3.63, 3.8) is 0 Å². The van der Waals surface area contributed by atoms with Gasteiger partial charge >= 0.3 is 0 Å². The zero-order valence-corrected chi connectivity index (χ0v) is 16.4. The lowest BCUT2D eigenvalue weighted by Gasteiger charge is -2.36. The Morgan fingerprint density at radius 3 is 2.56 bits per heavy atom. The number of halogens is 1. The number of nitrogens with zero attached hydrogens (tertiary/aromatic N) is 2.